The van der Waals surface area contributed by atoms with E-state index in [1.165, 1.54) is 89.9 Å². The maximum Gasteiger partial charge on any atom is 0.0695 e. The highest BCUT2D eigenvalue weighted by molar-refractivity contribution is 4.84. The molecule has 0 aromatic heterocycles. The first-order valence-corrected chi connectivity index (χ1v) is 9.69. The number of nitrogens with zero attached hydrogens (tertiary/aromatic N) is 1. The second-order valence-electron chi connectivity index (χ2n) is 7.50. The van der Waals surface area contributed by atoms with E-state index < -0.39 is 0 Å². The quantitative estimate of drug-likeness (QED) is 0.783. The van der Waals surface area contributed by atoms with Gasteiger partial charge in [-0.05, 0) is 32.7 Å². The van der Waals surface area contributed by atoms with Crippen molar-refractivity contribution in [2.75, 3.05) is 7.05 Å². The molecule has 2 saturated carbocycles. The Kier molecular flexibility index (Phi) is 8.10. The van der Waals surface area contributed by atoms with E-state index in [0.717, 1.165) is 12.5 Å². The van der Waals surface area contributed by atoms with Crippen molar-refractivity contribution in [3.63, 3.8) is 0 Å². The lowest BCUT2D eigenvalue weighted by molar-refractivity contribution is 0.0187. The maximum absolute atomic E-state index is 10.7. The molecule has 2 atom stereocenters. The van der Waals surface area contributed by atoms with Crippen LogP contribution in [0.25, 0.3) is 0 Å². The van der Waals surface area contributed by atoms with Gasteiger partial charge in [-0.25, -0.2) is 0 Å². The smallest absolute Gasteiger partial charge is 0.0695 e. The highest BCUT2D eigenvalue weighted by Gasteiger charge is 2.28. The van der Waals surface area contributed by atoms with E-state index in [9.17, 15) is 5.11 Å². The van der Waals surface area contributed by atoms with E-state index in [-0.39, 0.29) is 6.10 Å². The molecule has 0 aromatic carbocycles. The molecule has 2 nitrogen and oxygen atoms in total. The Balaban J connectivity index is 1.90. The van der Waals surface area contributed by atoms with Crippen molar-refractivity contribution in [1.82, 2.24) is 4.90 Å². The summed E-state index contributed by atoms with van der Waals surface area (Å²) in [6.07, 6.45) is 19.8. The van der Waals surface area contributed by atoms with Gasteiger partial charge in [0.25, 0.3) is 0 Å². The number of aliphatic hydroxyl groups is 1. The van der Waals surface area contributed by atoms with Gasteiger partial charge in [-0.1, -0.05) is 70.6 Å². The van der Waals surface area contributed by atoms with Crippen molar-refractivity contribution < 1.29 is 5.11 Å². The Morgan fingerprint density at radius 3 is 1.67 bits per heavy atom. The molecular formula is C19H37NO. The van der Waals surface area contributed by atoms with Crippen molar-refractivity contribution in [2.24, 2.45) is 0 Å². The molecule has 0 spiro atoms. The molecule has 0 radical (unpaired) electrons. The minimum atomic E-state index is -0.101. The monoisotopic (exact) mass is 295 g/mol. The molecule has 0 amide bonds. The Morgan fingerprint density at radius 1 is 0.619 bits per heavy atom. The number of likely N-dealkylation sites (N-methyl/N-ethyl adjacent to an activating group) is 1. The van der Waals surface area contributed by atoms with Crippen LogP contribution in [0.2, 0.25) is 0 Å². The average molecular weight is 296 g/mol. The number of rotatable bonds is 2. The van der Waals surface area contributed by atoms with Crippen molar-refractivity contribution >= 4 is 0 Å². The second kappa shape index (κ2) is 9.84. The van der Waals surface area contributed by atoms with E-state index in [0.29, 0.717) is 6.04 Å². The van der Waals surface area contributed by atoms with Crippen LogP contribution in [-0.2, 0) is 0 Å². The Morgan fingerprint density at radius 2 is 1.05 bits per heavy atom. The third-order valence-corrected chi connectivity index (χ3v) is 5.87. The fourth-order valence-corrected chi connectivity index (χ4v) is 4.39. The fraction of sp³-hybridized carbons (Fsp3) is 1.00. The lowest BCUT2D eigenvalue weighted by Gasteiger charge is -2.39. The van der Waals surface area contributed by atoms with Gasteiger partial charge in [0.15, 0.2) is 0 Å². The number of hydrogen-bond acceptors (Lipinski definition) is 2. The molecule has 0 aliphatic heterocycles. The summed E-state index contributed by atoms with van der Waals surface area (Å²) in [6.45, 7) is 0. The van der Waals surface area contributed by atoms with E-state index in [2.05, 4.69) is 11.9 Å². The van der Waals surface area contributed by atoms with Gasteiger partial charge in [0.1, 0.15) is 0 Å². The molecular weight excluding hydrogens is 258 g/mol. The van der Waals surface area contributed by atoms with Gasteiger partial charge < -0.3 is 5.11 Å². The summed E-state index contributed by atoms with van der Waals surface area (Å²) >= 11 is 0. The van der Waals surface area contributed by atoms with E-state index in [1.807, 2.05) is 0 Å². The van der Waals surface area contributed by atoms with Crippen LogP contribution in [0.15, 0.2) is 0 Å². The lowest BCUT2D eigenvalue weighted by atomic mass is 9.90. The van der Waals surface area contributed by atoms with Crippen molar-refractivity contribution in [3.8, 4) is 0 Å². The molecule has 124 valence electrons. The molecule has 0 aromatic rings. The second-order valence-corrected chi connectivity index (χ2v) is 7.50. The predicted octanol–water partition coefficient (Wildman–Crippen LogP) is 4.90. The highest BCUT2D eigenvalue weighted by atomic mass is 16.3. The molecule has 21 heavy (non-hydrogen) atoms. The summed E-state index contributed by atoms with van der Waals surface area (Å²) in [7, 11) is 2.29. The van der Waals surface area contributed by atoms with Crippen LogP contribution in [-0.4, -0.2) is 35.2 Å². The summed E-state index contributed by atoms with van der Waals surface area (Å²) in [5.74, 6) is 0. The highest BCUT2D eigenvalue weighted by Crippen LogP contribution is 2.27. The Labute approximate surface area is 132 Å². The third-order valence-electron chi connectivity index (χ3n) is 5.87. The molecule has 2 aliphatic carbocycles. The van der Waals surface area contributed by atoms with Crippen LogP contribution in [0, 0.1) is 0 Å². The number of hydrogen-bond donors (Lipinski definition) is 1. The molecule has 1 N–H and O–H groups in total. The summed E-state index contributed by atoms with van der Waals surface area (Å²) in [4.78, 5) is 2.57. The van der Waals surface area contributed by atoms with Gasteiger partial charge >= 0.3 is 0 Å². The Bertz CT molecular complexity index is 262. The van der Waals surface area contributed by atoms with Gasteiger partial charge in [0.05, 0.1) is 6.10 Å². The van der Waals surface area contributed by atoms with Gasteiger partial charge in [0, 0.05) is 12.1 Å². The van der Waals surface area contributed by atoms with Crippen molar-refractivity contribution in [3.05, 3.63) is 0 Å². The molecule has 2 unspecified atom stereocenters. The van der Waals surface area contributed by atoms with Crippen molar-refractivity contribution in [1.29, 1.82) is 0 Å². The van der Waals surface area contributed by atoms with E-state index in [4.69, 9.17) is 0 Å². The lowest BCUT2D eigenvalue weighted by Crippen LogP contribution is -2.47. The van der Waals surface area contributed by atoms with Gasteiger partial charge in [-0.2, -0.15) is 0 Å². The van der Waals surface area contributed by atoms with Gasteiger partial charge in [-0.15, -0.1) is 0 Å². The fourth-order valence-electron chi connectivity index (χ4n) is 4.39. The normalized spacial score (nSPS) is 31.6. The van der Waals surface area contributed by atoms with Crippen LogP contribution >= 0.6 is 0 Å². The molecule has 2 fully saturated rings. The van der Waals surface area contributed by atoms with Crippen LogP contribution in [0.3, 0.4) is 0 Å². The third kappa shape index (κ3) is 5.90. The predicted molar refractivity (Wildman–Crippen MR) is 90.6 cm³/mol. The minimum Gasteiger partial charge on any atom is -0.391 e. The molecule has 2 heteroatoms. The SMILES string of the molecule is CN(C1CCCCC1)C1CCCCCCCCCCC1O. The molecule has 2 aliphatic rings. The van der Waals surface area contributed by atoms with Crippen LogP contribution in [0.1, 0.15) is 96.3 Å². The van der Waals surface area contributed by atoms with Gasteiger partial charge in [-0.3, -0.25) is 4.90 Å². The van der Waals surface area contributed by atoms with Crippen molar-refractivity contribution in [2.45, 2.75) is 114 Å². The van der Waals surface area contributed by atoms with Crippen LogP contribution in [0.4, 0.5) is 0 Å². The summed E-state index contributed by atoms with van der Waals surface area (Å²) in [5.41, 5.74) is 0. The first kappa shape index (κ1) is 17.3. The summed E-state index contributed by atoms with van der Waals surface area (Å²) in [6, 6.07) is 1.14. The molecule has 0 bridgehead atoms. The molecule has 0 saturated heterocycles. The van der Waals surface area contributed by atoms with Crippen LogP contribution < -0.4 is 0 Å². The standard InChI is InChI=1S/C19H37NO/c1-20(17-13-9-8-10-14-17)18-15-11-6-4-2-3-5-7-12-16-19(18)21/h17-19,21H,2-16H2,1H3. The number of aliphatic hydroxyl groups excluding tert-OH is 1. The van der Waals surface area contributed by atoms with Gasteiger partial charge in [0.2, 0.25) is 0 Å². The van der Waals surface area contributed by atoms with Crippen LogP contribution in [0.5, 0.6) is 0 Å². The topological polar surface area (TPSA) is 23.5 Å². The zero-order chi connectivity index (χ0) is 14.9. The zero-order valence-electron chi connectivity index (χ0n) is 14.2. The summed E-state index contributed by atoms with van der Waals surface area (Å²) < 4.78 is 0. The maximum atomic E-state index is 10.7. The molecule has 2 rings (SSSR count). The average Bonchev–Trinajstić information content (AvgIpc) is 2.51. The Hall–Kier alpha value is -0.0800. The van der Waals surface area contributed by atoms with E-state index in [1.54, 1.807) is 0 Å². The van der Waals surface area contributed by atoms with E-state index >= 15 is 0 Å². The first-order chi connectivity index (χ1) is 10.3. The largest absolute Gasteiger partial charge is 0.391 e. The minimum absolute atomic E-state index is 0.101. The molecule has 0 heterocycles. The zero-order valence-corrected chi connectivity index (χ0v) is 14.2. The summed E-state index contributed by atoms with van der Waals surface area (Å²) in [5, 5.41) is 10.7. The first-order valence-electron chi connectivity index (χ1n) is 9.69.